The second kappa shape index (κ2) is 8.27. The van der Waals surface area contributed by atoms with E-state index < -0.39 is 23.0 Å². The molecule has 0 N–H and O–H groups in total. The van der Waals surface area contributed by atoms with Crippen LogP contribution >= 0.6 is 0 Å². The number of ether oxygens (including phenoxy) is 1. The molecule has 0 radical (unpaired) electrons. The molecule has 1 aromatic carbocycles. The summed E-state index contributed by atoms with van der Waals surface area (Å²) in [6, 6.07) is 9.59. The minimum absolute atomic E-state index is 0.0643. The zero-order chi connectivity index (χ0) is 25.0. The number of amides is 1. The Morgan fingerprint density at radius 1 is 1.23 bits per heavy atom. The Morgan fingerprint density at radius 2 is 1.91 bits per heavy atom. The summed E-state index contributed by atoms with van der Waals surface area (Å²) in [5.41, 5.74) is -2.18. The summed E-state index contributed by atoms with van der Waals surface area (Å²) in [6.07, 6.45) is -1.73. The van der Waals surface area contributed by atoms with Crippen LogP contribution in [0, 0.1) is 17.2 Å². The van der Waals surface area contributed by atoms with Crippen LogP contribution in [0.5, 0.6) is 5.75 Å². The molecule has 1 aromatic heterocycles. The first kappa shape index (κ1) is 23.2. The van der Waals surface area contributed by atoms with Crippen molar-refractivity contribution in [3.8, 4) is 11.8 Å². The van der Waals surface area contributed by atoms with Gasteiger partial charge in [0.25, 0.3) is 5.91 Å². The number of benzene rings is 1. The average Bonchev–Trinajstić information content (AvgIpc) is 3.02. The highest BCUT2D eigenvalue weighted by Crippen LogP contribution is 2.50. The first-order valence-corrected chi connectivity index (χ1v) is 11.4. The molecule has 0 bridgehead atoms. The van der Waals surface area contributed by atoms with Gasteiger partial charge in [-0.15, -0.1) is 0 Å². The third kappa shape index (κ3) is 3.80. The molecule has 35 heavy (non-hydrogen) atoms. The topological polar surface area (TPSA) is 72.7 Å². The molecule has 5 rings (SSSR count). The summed E-state index contributed by atoms with van der Waals surface area (Å²) >= 11 is 0. The number of carbonyl (C=O) groups excluding carboxylic acids is 1. The van der Waals surface area contributed by atoms with Gasteiger partial charge in [0.2, 0.25) is 0 Å². The molecule has 3 fully saturated rings. The number of nitrogens with zero attached hydrogens (tertiary/aromatic N) is 5. The van der Waals surface area contributed by atoms with Crippen molar-refractivity contribution in [3.63, 3.8) is 0 Å². The van der Waals surface area contributed by atoms with Crippen LogP contribution in [0.3, 0.4) is 0 Å². The minimum atomic E-state index is -4.78. The number of pyridine rings is 1. The van der Waals surface area contributed by atoms with Crippen LogP contribution in [0.15, 0.2) is 48.9 Å². The van der Waals surface area contributed by atoms with Gasteiger partial charge in [0.1, 0.15) is 23.2 Å². The van der Waals surface area contributed by atoms with Gasteiger partial charge in [-0.2, -0.15) is 18.4 Å². The van der Waals surface area contributed by atoms with Gasteiger partial charge in [-0.1, -0.05) is 6.58 Å². The van der Waals surface area contributed by atoms with Crippen molar-refractivity contribution in [1.29, 1.82) is 5.26 Å². The van der Waals surface area contributed by atoms with E-state index in [4.69, 9.17) is 10.00 Å². The maximum absolute atomic E-state index is 13.6. The van der Waals surface area contributed by atoms with Gasteiger partial charge in [-0.05, 0) is 56.6 Å². The van der Waals surface area contributed by atoms with E-state index in [1.54, 1.807) is 4.90 Å². The van der Waals surface area contributed by atoms with Crippen LogP contribution in [-0.4, -0.2) is 48.1 Å². The molecule has 3 heterocycles. The van der Waals surface area contributed by atoms with Gasteiger partial charge >= 0.3 is 6.18 Å². The van der Waals surface area contributed by atoms with Crippen molar-refractivity contribution in [2.75, 3.05) is 36.5 Å². The number of hydrogen-bond acceptors (Lipinski definition) is 6. The normalized spacial score (nSPS) is 20.1. The van der Waals surface area contributed by atoms with Crippen molar-refractivity contribution in [3.05, 3.63) is 60.2 Å². The van der Waals surface area contributed by atoms with Crippen molar-refractivity contribution in [1.82, 2.24) is 9.88 Å². The molecule has 10 heteroatoms. The zero-order valence-electron chi connectivity index (χ0n) is 19.2. The zero-order valence-corrected chi connectivity index (χ0v) is 19.2. The highest BCUT2D eigenvalue weighted by atomic mass is 19.4. The predicted molar refractivity (Wildman–Crippen MR) is 123 cm³/mol. The van der Waals surface area contributed by atoms with Crippen LogP contribution in [-0.2, 0) is 11.0 Å². The van der Waals surface area contributed by atoms with E-state index in [9.17, 15) is 18.0 Å². The molecule has 182 valence electrons. The Labute approximate surface area is 201 Å². The predicted octanol–water partition coefficient (Wildman–Crippen LogP) is 4.16. The number of hydrogen-bond donors (Lipinski definition) is 0. The fraction of sp³-hybridized carbons (Fsp3) is 0.400. The van der Waals surface area contributed by atoms with Crippen molar-refractivity contribution < 1.29 is 22.7 Å². The number of anilines is 2. The third-order valence-electron chi connectivity index (χ3n) is 6.99. The van der Waals surface area contributed by atoms with Gasteiger partial charge in [-0.25, -0.2) is 4.98 Å². The van der Waals surface area contributed by atoms with Gasteiger partial charge in [0, 0.05) is 24.7 Å². The summed E-state index contributed by atoms with van der Waals surface area (Å²) < 4.78 is 46.5. The SMILES string of the molecule is C=C1N(c2cnc(C#N)c(C(F)(F)F)c2)C(=O)C2(CCC2)N1c1ccc(OCC2CN(C)C2)cc1. The maximum atomic E-state index is 13.6. The second-order valence-electron chi connectivity index (χ2n) is 9.37. The lowest BCUT2D eigenvalue weighted by Gasteiger charge is -2.43. The molecule has 3 aliphatic rings. The van der Waals surface area contributed by atoms with Crippen molar-refractivity contribution in [2.24, 2.45) is 5.92 Å². The maximum Gasteiger partial charge on any atom is 0.419 e. The molecular weight excluding hydrogens is 459 g/mol. The van der Waals surface area contributed by atoms with Crippen LogP contribution in [0.2, 0.25) is 0 Å². The molecule has 1 amide bonds. The largest absolute Gasteiger partial charge is 0.493 e. The smallest absolute Gasteiger partial charge is 0.419 e. The summed E-state index contributed by atoms with van der Waals surface area (Å²) in [5.74, 6) is 1.12. The van der Waals surface area contributed by atoms with E-state index in [0.29, 0.717) is 36.8 Å². The molecule has 1 spiro atoms. The lowest BCUT2D eigenvalue weighted by Crippen LogP contribution is -2.54. The summed E-state index contributed by atoms with van der Waals surface area (Å²) in [4.78, 5) is 22.4. The quantitative estimate of drug-likeness (QED) is 0.636. The van der Waals surface area contributed by atoms with E-state index in [-0.39, 0.29) is 17.4 Å². The Bertz CT molecular complexity index is 1210. The van der Waals surface area contributed by atoms with Crippen molar-refractivity contribution >= 4 is 17.3 Å². The van der Waals surface area contributed by atoms with E-state index >= 15 is 0 Å². The van der Waals surface area contributed by atoms with E-state index in [1.165, 1.54) is 11.0 Å². The molecule has 7 nitrogen and oxygen atoms in total. The number of halogens is 3. The molecule has 0 unspecified atom stereocenters. The first-order valence-electron chi connectivity index (χ1n) is 11.4. The van der Waals surface area contributed by atoms with Crippen LogP contribution in [0.25, 0.3) is 0 Å². The second-order valence-corrected chi connectivity index (χ2v) is 9.37. The monoisotopic (exact) mass is 483 g/mol. The van der Waals surface area contributed by atoms with Gasteiger partial charge < -0.3 is 14.5 Å². The number of alkyl halides is 3. The fourth-order valence-electron chi connectivity index (χ4n) is 5.10. The molecule has 0 atom stereocenters. The number of carbonyl (C=O) groups is 1. The Morgan fingerprint density at radius 3 is 2.46 bits per heavy atom. The van der Waals surface area contributed by atoms with Crippen LogP contribution in [0.1, 0.15) is 30.5 Å². The minimum Gasteiger partial charge on any atom is -0.493 e. The number of likely N-dealkylation sites (tertiary alicyclic amines) is 1. The van der Waals surface area contributed by atoms with Gasteiger partial charge in [-0.3, -0.25) is 9.69 Å². The summed E-state index contributed by atoms with van der Waals surface area (Å²) in [7, 11) is 2.06. The molecule has 1 aliphatic carbocycles. The summed E-state index contributed by atoms with van der Waals surface area (Å²) in [5, 5.41) is 9.05. The lowest BCUT2D eigenvalue weighted by atomic mass is 9.75. The number of rotatable bonds is 5. The first-order chi connectivity index (χ1) is 16.6. The molecule has 2 aliphatic heterocycles. The highest BCUT2D eigenvalue weighted by molar-refractivity contribution is 6.10. The molecule has 2 aromatic rings. The average molecular weight is 483 g/mol. The molecule has 1 saturated carbocycles. The lowest BCUT2D eigenvalue weighted by molar-refractivity contribution is -0.138. The Hall–Kier alpha value is -3.58. The van der Waals surface area contributed by atoms with E-state index in [0.717, 1.165) is 31.8 Å². The van der Waals surface area contributed by atoms with Crippen LogP contribution in [0.4, 0.5) is 24.5 Å². The third-order valence-corrected chi connectivity index (χ3v) is 6.99. The van der Waals surface area contributed by atoms with Gasteiger partial charge in [0.05, 0.1) is 24.1 Å². The van der Waals surface area contributed by atoms with Crippen molar-refractivity contribution in [2.45, 2.75) is 31.0 Å². The standard InChI is InChI=1S/C25H24F3N5O2/c1-16-32(19-10-21(25(26,27)28)22(11-29)30-12-19)23(34)24(8-3-9-24)33(16)18-4-6-20(7-5-18)35-15-17-13-31(2)14-17/h4-7,10,12,17H,1,3,8-9,13-15H2,2H3. The fourth-order valence-corrected chi connectivity index (χ4v) is 5.10. The molecule has 2 saturated heterocycles. The molecular formula is C25H24F3N5O2. The van der Waals surface area contributed by atoms with Gasteiger partial charge in [0.15, 0.2) is 5.69 Å². The Kier molecular flexibility index (Phi) is 5.48. The number of nitriles is 1. The van der Waals surface area contributed by atoms with E-state index in [1.807, 2.05) is 24.3 Å². The Balaban J connectivity index is 1.43. The van der Waals surface area contributed by atoms with Crippen LogP contribution < -0.4 is 14.5 Å². The van der Waals surface area contributed by atoms with E-state index in [2.05, 4.69) is 23.5 Å². The summed E-state index contributed by atoms with van der Waals surface area (Å²) in [6.45, 7) is 6.70. The highest BCUT2D eigenvalue weighted by Gasteiger charge is 2.59. The number of aromatic nitrogens is 1.